The molecule has 0 aliphatic carbocycles. The largest absolute Gasteiger partial charge is 0.322 e. The van der Waals surface area contributed by atoms with Crippen molar-refractivity contribution in [3.05, 3.63) is 47.0 Å². The van der Waals surface area contributed by atoms with E-state index < -0.39 is 0 Å². The first-order valence-electron chi connectivity index (χ1n) is 7.67. The zero-order chi connectivity index (χ0) is 17.0. The molecule has 0 atom stereocenters. The van der Waals surface area contributed by atoms with Gasteiger partial charge in [-0.15, -0.1) is 0 Å². The number of carbonyl (C=O) groups is 1. The molecule has 6 heteroatoms. The van der Waals surface area contributed by atoms with Crippen molar-refractivity contribution in [2.24, 2.45) is 7.05 Å². The standard InChI is InChI=1S/C17H23FN4O/c1-5-22(10-14-7-6-8-15(18)9-14)11-16(23)19-17-12(2)20-21(4)13(17)3/h6-9H,5,10-11H2,1-4H3,(H,19,23). The molecule has 1 amide bonds. The van der Waals surface area contributed by atoms with Crippen molar-refractivity contribution in [2.45, 2.75) is 27.3 Å². The normalized spacial score (nSPS) is 11.0. The third kappa shape index (κ3) is 4.39. The van der Waals surface area contributed by atoms with E-state index >= 15 is 0 Å². The summed E-state index contributed by atoms with van der Waals surface area (Å²) < 4.78 is 15.0. The lowest BCUT2D eigenvalue weighted by molar-refractivity contribution is -0.117. The van der Waals surface area contributed by atoms with Gasteiger partial charge in [-0.3, -0.25) is 14.4 Å². The van der Waals surface area contributed by atoms with Crippen LogP contribution in [0.4, 0.5) is 10.1 Å². The molecule has 1 N–H and O–H groups in total. The molecule has 124 valence electrons. The number of hydrogen-bond acceptors (Lipinski definition) is 3. The van der Waals surface area contributed by atoms with Crippen molar-refractivity contribution in [3.63, 3.8) is 0 Å². The van der Waals surface area contributed by atoms with Crippen LogP contribution in [0, 0.1) is 19.7 Å². The van der Waals surface area contributed by atoms with Crippen LogP contribution in [-0.4, -0.2) is 33.7 Å². The topological polar surface area (TPSA) is 50.2 Å². The van der Waals surface area contributed by atoms with Crippen molar-refractivity contribution >= 4 is 11.6 Å². The van der Waals surface area contributed by atoms with E-state index in [4.69, 9.17) is 0 Å². The number of carbonyl (C=O) groups excluding carboxylic acids is 1. The fourth-order valence-electron chi connectivity index (χ4n) is 2.51. The number of halogens is 1. The van der Waals surface area contributed by atoms with Crippen LogP contribution < -0.4 is 5.32 Å². The van der Waals surface area contributed by atoms with Gasteiger partial charge in [0.05, 0.1) is 23.6 Å². The van der Waals surface area contributed by atoms with Crippen LogP contribution in [-0.2, 0) is 18.4 Å². The lowest BCUT2D eigenvalue weighted by Crippen LogP contribution is -2.33. The summed E-state index contributed by atoms with van der Waals surface area (Å²) in [5.41, 5.74) is 3.34. The minimum Gasteiger partial charge on any atom is -0.322 e. The average Bonchev–Trinajstić information content (AvgIpc) is 2.73. The van der Waals surface area contributed by atoms with Crippen LogP contribution in [0.25, 0.3) is 0 Å². The summed E-state index contributed by atoms with van der Waals surface area (Å²) in [5, 5.41) is 7.21. The van der Waals surface area contributed by atoms with Crippen molar-refractivity contribution in [1.29, 1.82) is 0 Å². The number of hydrogen-bond donors (Lipinski definition) is 1. The van der Waals surface area contributed by atoms with E-state index in [1.807, 2.05) is 38.8 Å². The number of rotatable bonds is 6. The molecule has 0 saturated carbocycles. The summed E-state index contributed by atoms with van der Waals surface area (Å²) in [6, 6.07) is 6.45. The summed E-state index contributed by atoms with van der Waals surface area (Å²) in [6.45, 7) is 7.25. The Morgan fingerprint density at radius 3 is 2.70 bits per heavy atom. The highest BCUT2D eigenvalue weighted by Crippen LogP contribution is 2.18. The van der Waals surface area contributed by atoms with Gasteiger partial charge in [0.15, 0.2) is 0 Å². The maximum atomic E-state index is 13.3. The number of anilines is 1. The fraction of sp³-hybridized carbons (Fsp3) is 0.412. The van der Waals surface area contributed by atoms with Gasteiger partial charge in [-0.2, -0.15) is 5.10 Å². The van der Waals surface area contributed by atoms with Gasteiger partial charge >= 0.3 is 0 Å². The Hall–Kier alpha value is -2.21. The second kappa shape index (κ2) is 7.37. The number of amides is 1. The third-order valence-corrected chi connectivity index (χ3v) is 3.88. The van der Waals surface area contributed by atoms with Crippen LogP contribution in [0.2, 0.25) is 0 Å². The molecule has 23 heavy (non-hydrogen) atoms. The second-order valence-corrected chi connectivity index (χ2v) is 5.65. The molecule has 2 aromatic rings. The molecule has 0 fully saturated rings. The zero-order valence-corrected chi connectivity index (χ0v) is 14.1. The van der Waals surface area contributed by atoms with Crippen molar-refractivity contribution in [3.8, 4) is 0 Å². The molecule has 0 saturated heterocycles. The van der Waals surface area contributed by atoms with E-state index in [2.05, 4.69) is 10.4 Å². The maximum Gasteiger partial charge on any atom is 0.238 e. The summed E-state index contributed by atoms with van der Waals surface area (Å²) in [4.78, 5) is 14.3. The second-order valence-electron chi connectivity index (χ2n) is 5.65. The predicted molar refractivity (Wildman–Crippen MR) is 88.7 cm³/mol. The van der Waals surface area contributed by atoms with Crippen molar-refractivity contribution in [1.82, 2.24) is 14.7 Å². The summed E-state index contributed by atoms with van der Waals surface area (Å²) >= 11 is 0. The Morgan fingerprint density at radius 2 is 2.13 bits per heavy atom. The highest BCUT2D eigenvalue weighted by molar-refractivity contribution is 5.93. The molecule has 1 heterocycles. The SMILES string of the molecule is CCN(CC(=O)Nc1c(C)nn(C)c1C)Cc1cccc(F)c1. The molecule has 2 rings (SSSR count). The van der Waals surface area contributed by atoms with Crippen LogP contribution in [0.15, 0.2) is 24.3 Å². The Labute approximate surface area is 136 Å². The highest BCUT2D eigenvalue weighted by Gasteiger charge is 2.15. The van der Waals surface area contributed by atoms with Gasteiger partial charge in [0.25, 0.3) is 0 Å². The molecular weight excluding hydrogens is 295 g/mol. The minimum atomic E-state index is -0.260. The molecule has 1 aromatic heterocycles. The van der Waals surface area contributed by atoms with Crippen molar-refractivity contribution < 1.29 is 9.18 Å². The van der Waals surface area contributed by atoms with Crippen LogP contribution in [0.5, 0.6) is 0 Å². The predicted octanol–water partition coefficient (Wildman–Crippen LogP) is 2.64. The first kappa shape index (κ1) is 17.1. The number of nitrogens with zero attached hydrogens (tertiary/aromatic N) is 3. The van der Waals surface area contributed by atoms with Gasteiger partial charge in [-0.05, 0) is 38.1 Å². The molecule has 0 aliphatic rings. The molecule has 5 nitrogen and oxygen atoms in total. The Bertz CT molecular complexity index is 696. The molecule has 0 radical (unpaired) electrons. The van der Waals surface area contributed by atoms with Gasteiger partial charge in [-0.1, -0.05) is 19.1 Å². The number of aromatic nitrogens is 2. The number of aryl methyl sites for hydroxylation is 2. The average molecular weight is 318 g/mol. The number of nitrogens with one attached hydrogen (secondary N) is 1. The van der Waals surface area contributed by atoms with Crippen LogP contribution in [0.1, 0.15) is 23.9 Å². The van der Waals surface area contributed by atoms with E-state index in [-0.39, 0.29) is 18.3 Å². The molecule has 1 aromatic carbocycles. The highest BCUT2D eigenvalue weighted by atomic mass is 19.1. The molecule has 0 aliphatic heterocycles. The quantitative estimate of drug-likeness (QED) is 0.891. The first-order valence-corrected chi connectivity index (χ1v) is 7.67. The van der Waals surface area contributed by atoms with Crippen LogP contribution >= 0.6 is 0 Å². The lowest BCUT2D eigenvalue weighted by atomic mass is 10.2. The maximum absolute atomic E-state index is 13.3. The summed E-state index contributed by atoms with van der Waals surface area (Å²) in [5.74, 6) is -0.355. The Kier molecular flexibility index (Phi) is 5.50. The van der Waals surface area contributed by atoms with Gasteiger partial charge in [-0.25, -0.2) is 4.39 Å². The van der Waals surface area contributed by atoms with E-state index in [0.29, 0.717) is 13.1 Å². The fourth-order valence-corrected chi connectivity index (χ4v) is 2.51. The number of likely N-dealkylation sites (N-methyl/N-ethyl adjacent to an activating group) is 1. The van der Waals surface area contributed by atoms with Gasteiger partial charge in [0.1, 0.15) is 5.82 Å². The van der Waals surface area contributed by atoms with Crippen molar-refractivity contribution in [2.75, 3.05) is 18.4 Å². The van der Waals surface area contributed by atoms with E-state index in [0.717, 1.165) is 22.6 Å². The summed E-state index contributed by atoms with van der Waals surface area (Å²) in [7, 11) is 1.85. The van der Waals surface area contributed by atoms with Gasteiger partial charge < -0.3 is 5.32 Å². The molecular formula is C17H23FN4O. The van der Waals surface area contributed by atoms with Gasteiger partial charge in [0, 0.05) is 13.6 Å². The van der Waals surface area contributed by atoms with Crippen LogP contribution in [0.3, 0.4) is 0 Å². The Balaban J connectivity index is 1.99. The molecule has 0 unspecified atom stereocenters. The zero-order valence-electron chi connectivity index (χ0n) is 14.1. The smallest absolute Gasteiger partial charge is 0.238 e. The molecule has 0 spiro atoms. The van der Waals surface area contributed by atoms with E-state index in [1.54, 1.807) is 10.7 Å². The summed E-state index contributed by atoms with van der Waals surface area (Å²) in [6.07, 6.45) is 0. The Morgan fingerprint density at radius 1 is 1.39 bits per heavy atom. The minimum absolute atomic E-state index is 0.0950. The third-order valence-electron chi connectivity index (χ3n) is 3.88. The number of benzene rings is 1. The van der Waals surface area contributed by atoms with E-state index in [9.17, 15) is 9.18 Å². The molecule has 0 bridgehead atoms. The first-order chi connectivity index (χ1) is 10.9. The lowest BCUT2D eigenvalue weighted by Gasteiger charge is -2.20. The van der Waals surface area contributed by atoms with Gasteiger partial charge in [0.2, 0.25) is 5.91 Å². The monoisotopic (exact) mass is 318 g/mol. The van der Waals surface area contributed by atoms with E-state index in [1.165, 1.54) is 12.1 Å².